The summed E-state index contributed by atoms with van der Waals surface area (Å²) in [6.07, 6.45) is 1.62. The molecule has 1 aliphatic rings. The Morgan fingerprint density at radius 1 is 1.38 bits per heavy atom. The maximum absolute atomic E-state index is 6.24. The Labute approximate surface area is 146 Å². The Balaban J connectivity index is 1.69. The topological polar surface area (TPSA) is 82.3 Å². The van der Waals surface area contributed by atoms with Crippen LogP contribution in [0.5, 0.6) is 0 Å². The first-order chi connectivity index (χ1) is 11.4. The maximum atomic E-state index is 6.24. The Hall–Kier alpha value is -1.89. The number of halogens is 1. The van der Waals surface area contributed by atoms with Crippen molar-refractivity contribution in [3.8, 4) is 11.3 Å². The van der Waals surface area contributed by atoms with Crippen LogP contribution in [0.2, 0.25) is 5.02 Å². The zero-order valence-corrected chi connectivity index (χ0v) is 14.5. The molecule has 3 rings (SSSR count). The van der Waals surface area contributed by atoms with Crippen molar-refractivity contribution in [3.63, 3.8) is 0 Å². The van der Waals surface area contributed by atoms with Crippen molar-refractivity contribution in [2.45, 2.75) is 25.6 Å². The van der Waals surface area contributed by atoms with E-state index < -0.39 is 0 Å². The molecule has 0 bridgehead atoms. The van der Waals surface area contributed by atoms with Crippen molar-refractivity contribution < 1.29 is 9.47 Å². The van der Waals surface area contributed by atoms with Gasteiger partial charge in [0.15, 0.2) is 0 Å². The Morgan fingerprint density at radius 2 is 2.21 bits per heavy atom. The first kappa shape index (κ1) is 17.0. The van der Waals surface area contributed by atoms with Gasteiger partial charge in [-0.15, -0.1) is 0 Å². The van der Waals surface area contributed by atoms with Crippen LogP contribution >= 0.6 is 11.6 Å². The highest BCUT2D eigenvalue weighted by Gasteiger charge is 2.28. The van der Waals surface area contributed by atoms with E-state index in [0.717, 1.165) is 11.3 Å². The van der Waals surface area contributed by atoms with Crippen LogP contribution in [0.3, 0.4) is 0 Å². The number of nitrogens with zero attached hydrogens (tertiary/aromatic N) is 2. The van der Waals surface area contributed by atoms with Crippen molar-refractivity contribution in [1.29, 1.82) is 0 Å². The third-order valence-electron chi connectivity index (χ3n) is 3.75. The van der Waals surface area contributed by atoms with Crippen molar-refractivity contribution in [2.24, 2.45) is 0 Å². The van der Waals surface area contributed by atoms with Gasteiger partial charge < -0.3 is 20.5 Å². The van der Waals surface area contributed by atoms with Gasteiger partial charge in [-0.25, -0.2) is 9.97 Å². The van der Waals surface area contributed by atoms with Gasteiger partial charge in [-0.3, -0.25) is 0 Å². The summed E-state index contributed by atoms with van der Waals surface area (Å²) < 4.78 is 11.6. The summed E-state index contributed by atoms with van der Waals surface area (Å²) in [5, 5.41) is 3.79. The minimum Gasteiger partial charge on any atom is -0.384 e. The van der Waals surface area contributed by atoms with Gasteiger partial charge in [0.2, 0.25) is 0 Å². The molecule has 1 saturated heterocycles. The van der Waals surface area contributed by atoms with Crippen LogP contribution in [0.1, 0.15) is 13.8 Å². The summed E-state index contributed by atoms with van der Waals surface area (Å²) in [6, 6.07) is 7.30. The lowest BCUT2D eigenvalue weighted by atomic mass is 10.1. The lowest BCUT2D eigenvalue weighted by Gasteiger charge is -2.35. The molecule has 0 saturated carbocycles. The number of hydrogen-bond donors (Lipinski definition) is 2. The van der Waals surface area contributed by atoms with Crippen LogP contribution in [-0.4, -0.2) is 41.4 Å². The van der Waals surface area contributed by atoms with Crippen LogP contribution < -0.4 is 11.1 Å². The second-order valence-electron chi connectivity index (χ2n) is 6.38. The summed E-state index contributed by atoms with van der Waals surface area (Å²) in [7, 11) is 0. The van der Waals surface area contributed by atoms with Crippen molar-refractivity contribution >= 4 is 23.2 Å². The molecule has 2 aromatic rings. The molecule has 1 fully saturated rings. The number of pyridine rings is 2. The number of aromatic nitrogens is 2. The normalized spacial score (nSPS) is 19.9. The average Bonchev–Trinajstić information content (AvgIpc) is 2.55. The third kappa shape index (κ3) is 4.14. The molecule has 6 nitrogen and oxygen atoms in total. The molecule has 0 aromatic carbocycles. The predicted molar refractivity (Wildman–Crippen MR) is 95.2 cm³/mol. The summed E-state index contributed by atoms with van der Waals surface area (Å²) in [4.78, 5) is 8.57. The standard InChI is InChI=1S/C17H21ClN4O2/c1-17(2)10-23-12(9-24-17)8-21-16-13(18)3-4-14(22-16)11-5-6-20-15(19)7-11/h3-7,12H,8-10H2,1-2H3,(H2,19,20)(H,21,22). The molecule has 0 aliphatic carbocycles. The highest BCUT2D eigenvalue weighted by Crippen LogP contribution is 2.26. The molecule has 1 atom stereocenters. The zero-order chi connectivity index (χ0) is 17.2. The molecule has 2 aromatic heterocycles. The number of anilines is 2. The fraction of sp³-hybridized carbons (Fsp3) is 0.412. The van der Waals surface area contributed by atoms with Gasteiger partial charge >= 0.3 is 0 Å². The second kappa shape index (κ2) is 6.93. The van der Waals surface area contributed by atoms with Gasteiger partial charge in [-0.05, 0) is 38.1 Å². The summed E-state index contributed by atoms with van der Waals surface area (Å²) in [5.41, 5.74) is 7.17. The fourth-order valence-corrected chi connectivity index (χ4v) is 2.56. The molecule has 0 radical (unpaired) electrons. The van der Waals surface area contributed by atoms with Crippen molar-refractivity contribution in [1.82, 2.24) is 9.97 Å². The molecule has 3 heterocycles. The van der Waals surface area contributed by atoms with E-state index in [0.29, 0.717) is 36.4 Å². The van der Waals surface area contributed by atoms with E-state index >= 15 is 0 Å². The van der Waals surface area contributed by atoms with Crippen LogP contribution in [0.25, 0.3) is 11.3 Å². The van der Waals surface area contributed by atoms with Gasteiger partial charge in [0.1, 0.15) is 11.6 Å². The SMILES string of the molecule is CC1(C)COC(CNc2nc(-c3ccnc(N)c3)ccc2Cl)CO1. The average molecular weight is 349 g/mol. The van der Waals surface area contributed by atoms with Gasteiger partial charge in [0, 0.05) is 18.3 Å². The van der Waals surface area contributed by atoms with Gasteiger partial charge in [0.25, 0.3) is 0 Å². The molecule has 1 unspecified atom stereocenters. The number of nitrogens with one attached hydrogen (secondary N) is 1. The summed E-state index contributed by atoms with van der Waals surface area (Å²) in [5.74, 6) is 1.06. The highest BCUT2D eigenvalue weighted by atomic mass is 35.5. The van der Waals surface area contributed by atoms with Crippen LogP contribution in [0, 0.1) is 0 Å². The van der Waals surface area contributed by atoms with E-state index in [4.69, 9.17) is 26.8 Å². The van der Waals surface area contributed by atoms with E-state index in [1.165, 1.54) is 0 Å². The van der Waals surface area contributed by atoms with Crippen LogP contribution in [0.4, 0.5) is 11.6 Å². The Bertz CT molecular complexity index is 713. The number of hydrogen-bond acceptors (Lipinski definition) is 6. The largest absolute Gasteiger partial charge is 0.384 e. The van der Waals surface area contributed by atoms with E-state index in [1.54, 1.807) is 12.3 Å². The molecular weight excluding hydrogens is 328 g/mol. The van der Waals surface area contributed by atoms with Crippen LogP contribution in [0.15, 0.2) is 30.5 Å². The molecule has 0 spiro atoms. The third-order valence-corrected chi connectivity index (χ3v) is 4.05. The van der Waals surface area contributed by atoms with Gasteiger partial charge in [0.05, 0.1) is 35.6 Å². The monoisotopic (exact) mass is 348 g/mol. The van der Waals surface area contributed by atoms with E-state index in [9.17, 15) is 0 Å². The minimum atomic E-state index is -0.229. The van der Waals surface area contributed by atoms with Gasteiger partial charge in [-0.1, -0.05) is 11.6 Å². The lowest BCUT2D eigenvalue weighted by molar-refractivity contribution is -0.170. The molecule has 7 heteroatoms. The lowest BCUT2D eigenvalue weighted by Crippen LogP contribution is -2.44. The Kier molecular flexibility index (Phi) is 4.89. The Morgan fingerprint density at radius 3 is 2.92 bits per heavy atom. The molecule has 0 amide bonds. The first-order valence-corrected chi connectivity index (χ1v) is 8.19. The van der Waals surface area contributed by atoms with Crippen LogP contribution in [-0.2, 0) is 9.47 Å². The number of nitrogens with two attached hydrogens (primary N) is 1. The van der Waals surface area contributed by atoms with Crippen molar-refractivity contribution in [2.75, 3.05) is 30.8 Å². The summed E-state index contributed by atoms with van der Waals surface area (Å²) >= 11 is 6.24. The smallest absolute Gasteiger partial charge is 0.145 e. The quantitative estimate of drug-likeness (QED) is 0.883. The second-order valence-corrected chi connectivity index (χ2v) is 6.79. The first-order valence-electron chi connectivity index (χ1n) is 7.81. The molecule has 24 heavy (non-hydrogen) atoms. The maximum Gasteiger partial charge on any atom is 0.145 e. The highest BCUT2D eigenvalue weighted by molar-refractivity contribution is 6.33. The van der Waals surface area contributed by atoms with Crippen molar-refractivity contribution in [3.05, 3.63) is 35.5 Å². The summed E-state index contributed by atoms with van der Waals surface area (Å²) in [6.45, 7) is 5.71. The molecule has 128 valence electrons. The van der Waals surface area contributed by atoms with E-state index in [2.05, 4.69) is 15.3 Å². The zero-order valence-electron chi connectivity index (χ0n) is 13.8. The molecular formula is C17H21ClN4O2. The molecule has 1 aliphatic heterocycles. The fourth-order valence-electron chi connectivity index (χ4n) is 2.39. The number of nitrogen functional groups attached to an aromatic ring is 1. The van der Waals surface area contributed by atoms with Gasteiger partial charge in [-0.2, -0.15) is 0 Å². The van der Waals surface area contributed by atoms with E-state index in [1.807, 2.05) is 32.0 Å². The minimum absolute atomic E-state index is 0.0314. The molecule has 3 N–H and O–H groups in total. The number of ether oxygens (including phenoxy) is 2. The van der Waals surface area contributed by atoms with E-state index in [-0.39, 0.29) is 11.7 Å². The predicted octanol–water partition coefficient (Wildman–Crippen LogP) is 2.99. The number of rotatable bonds is 4.